The fourth-order valence-corrected chi connectivity index (χ4v) is 3.62. The highest BCUT2D eigenvalue weighted by Gasteiger charge is 2.15. The van der Waals surface area contributed by atoms with Crippen molar-refractivity contribution >= 4 is 46.9 Å². The van der Waals surface area contributed by atoms with E-state index in [9.17, 15) is 9.59 Å². The predicted molar refractivity (Wildman–Crippen MR) is 135 cm³/mol. The van der Waals surface area contributed by atoms with Gasteiger partial charge in [0, 0.05) is 15.6 Å². The standard InChI is InChI=1S/C26H19Cl2N3O4/c27-21-9-4-10-22(28)20(21)16-35-18-7-3-6-17(14-18)15-29-31-25(32)19-8-1-2-11-23(19)30-26(33)24-12-5-13-34-24/h1-15H,16H2,(H,30,33)(H,31,32)/b29-15-. The number of anilines is 1. The number of furan rings is 1. The van der Waals surface area contributed by atoms with Crippen molar-refractivity contribution in [3.8, 4) is 5.75 Å². The summed E-state index contributed by atoms with van der Waals surface area (Å²) < 4.78 is 10.9. The van der Waals surface area contributed by atoms with Crippen molar-refractivity contribution in [2.45, 2.75) is 6.61 Å². The maximum Gasteiger partial charge on any atom is 0.291 e. The first-order valence-electron chi connectivity index (χ1n) is 10.4. The molecular formula is C26H19Cl2N3O4. The Morgan fingerprint density at radius 1 is 0.914 bits per heavy atom. The largest absolute Gasteiger partial charge is 0.489 e. The Kier molecular flexibility index (Phi) is 7.82. The van der Waals surface area contributed by atoms with Gasteiger partial charge in [-0.25, -0.2) is 5.43 Å². The highest BCUT2D eigenvalue weighted by atomic mass is 35.5. The van der Waals surface area contributed by atoms with Crippen molar-refractivity contribution < 1.29 is 18.7 Å². The van der Waals surface area contributed by atoms with Crippen LogP contribution >= 0.6 is 23.2 Å². The third-order valence-electron chi connectivity index (χ3n) is 4.85. The lowest BCUT2D eigenvalue weighted by molar-refractivity contribution is 0.0956. The van der Waals surface area contributed by atoms with E-state index in [2.05, 4.69) is 15.8 Å². The molecule has 0 aliphatic rings. The summed E-state index contributed by atoms with van der Waals surface area (Å²) in [4.78, 5) is 24.9. The Labute approximate surface area is 211 Å². The molecule has 4 rings (SSSR count). The number of nitrogens with one attached hydrogen (secondary N) is 2. The van der Waals surface area contributed by atoms with Gasteiger partial charge in [-0.2, -0.15) is 5.10 Å². The molecule has 3 aromatic carbocycles. The van der Waals surface area contributed by atoms with Crippen molar-refractivity contribution in [3.63, 3.8) is 0 Å². The molecule has 0 fully saturated rings. The van der Waals surface area contributed by atoms with Gasteiger partial charge in [0.25, 0.3) is 11.8 Å². The van der Waals surface area contributed by atoms with Crippen LogP contribution in [-0.4, -0.2) is 18.0 Å². The van der Waals surface area contributed by atoms with Gasteiger partial charge >= 0.3 is 0 Å². The lowest BCUT2D eigenvalue weighted by Crippen LogP contribution is -2.21. The van der Waals surface area contributed by atoms with Crippen LogP contribution in [-0.2, 0) is 6.61 Å². The topological polar surface area (TPSA) is 92.9 Å². The van der Waals surface area contributed by atoms with Gasteiger partial charge in [-0.15, -0.1) is 0 Å². The van der Waals surface area contributed by atoms with Crippen molar-refractivity contribution in [1.82, 2.24) is 5.43 Å². The van der Waals surface area contributed by atoms with Crippen molar-refractivity contribution in [3.05, 3.63) is 118 Å². The molecule has 0 saturated heterocycles. The minimum absolute atomic E-state index is 0.136. The summed E-state index contributed by atoms with van der Waals surface area (Å²) in [6, 6.07) is 22.2. The first kappa shape index (κ1) is 24.1. The molecule has 2 amide bonds. The number of hydrazone groups is 1. The number of para-hydroxylation sites is 1. The molecule has 176 valence electrons. The number of rotatable bonds is 8. The second-order valence-corrected chi connectivity index (χ2v) is 8.05. The molecule has 0 atom stereocenters. The summed E-state index contributed by atoms with van der Waals surface area (Å²) in [7, 11) is 0. The van der Waals surface area contributed by atoms with Crippen LogP contribution in [0.1, 0.15) is 32.0 Å². The van der Waals surface area contributed by atoms with Gasteiger partial charge in [-0.3, -0.25) is 9.59 Å². The monoisotopic (exact) mass is 507 g/mol. The molecule has 7 nitrogen and oxygen atoms in total. The van der Waals surface area contributed by atoms with Crippen LogP contribution < -0.4 is 15.5 Å². The van der Waals surface area contributed by atoms with Crippen LogP contribution in [0.3, 0.4) is 0 Å². The summed E-state index contributed by atoms with van der Waals surface area (Å²) in [5.41, 5.74) is 4.44. The molecule has 0 aliphatic heterocycles. The van der Waals surface area contributed by atoms with Crippen molar-refractivity contribution in [2.75, 3.05) is 5.32 Å². The molecule has 9 heteroatoms. The van der Waals surface area contributed by atoms with Gasteiger partial charge in [0.2, 0.25) is 0 Å². The molecule has 2 N–H and O–H groups in total. The summed E-state index contributed by atoms with van der Waals surface area (Å²) >= 11 is 12.4. The average Bonchev–Trinajstić information content (AvgIpc) is 3.40. The summed E-state index contributed by atoms with van der Waals surface area (Å²) in [5.74, 6) is -0.231. The molecular weight excluding hydrogens is 489 g/mol. The Morgan fingerprint density at radius 3 is 2.46 bits per heavy atom. The summed E-state index contributed by atoms with van der Waals surface area (Å²) in [6.07, 6.45) is 2.88. The maximum atomic E-state index is 12.7. The average molecular weight is 508 g/mol. The molecule has 1 aromatic heterocycles. The number of halogens is 2. The molecule has 0 radical (unpaired) electrons. The number of nitrogens with zero attached hydrogens (tertiary/aromatic N) is 1. The smallest absolute Gasteiger partial charge is 0.291 e. The van der Waals surface area contributed by atoms with Gasteiger partial charge < -0.3 is 14.5 Å². The van der Waals surface area contributed by atoms with E-state index in [1.807, 2.05) is 6.07 Å². The van der Waals surface area contributed by atoms with E-state index in [1.165, 1.54) is 18.5 Å². The van der Waals surface area contributed by atoms with Crippen molar-refractivity contribution in [1.29, 1.82) is 0 Å². The third-order valence-corrected chi connectivity index (χ3v) is 5.56. The van der Waals surface area contributed by atoms with Crippen LogP contribution in [0.15, 0.2) is 94.6 Å². The van der Waals surface area contributed by atoms with E-state index in [-0.39, 0.29) is 17.9 Å². The lowest BCUT2D eigenvalue weighted by Gasteiger charge is -2.10. The number of ether oxygens (including phenoxy) is 1. The van der Waals surface area contributed by atoms with Gasteiger partial charge in [0.1, 0.15) is 12.4 Å². The maximum absolute atomic E-state index is 12.7. The van der Waals surface area contributed by atoms with Gasteiger partial charge in [-0.1, -0.05) is 53.5 Å². The van der Waals surface area contributed by atoms with E-state index in [1.54, 1.807) is 66.7 Å². The number of hydrogen-bond donors (Lipinski definition) is 2. The number of hydrogen-bond acceptors (Lipinski definition) is 5. The number of amides is 2. The first-order chi connectivity index (χ1) is 17.0. The number of carbonyl (C=O) groups is 2. The highest BCUT2D eigenvalue weighted by Crippen LogP contribution is 2.26. The van der Waals surface area contributed by atoms with E-state index in [0.29, 0.717) is 32.6 Å². The fraction of sp³-hybridized carbons (Fsp3) is 0.0385. The fourth-order valence-electron chi connectivity index (χ4n) is 3.12. The molecule has 1 heterocycles. The van der Waals surface area contributed by atoms with E-state index in [0.717, 1.165) is 0 Å². The molecule has 0 saturated carbocycles. The summed E-state index contributed by atoms with van der Waals surface area (Å²) in [6.45, 7) is 0.205. The van der Waals surface area contributed by atoms with Crippen molar-refractivity contribution in [2.24, 2.45) is 5.10 Å². The normalized spacial score (nSPS) is 10.8. The third kappa shape index (κ3) is 6.29. The van der Waals surface area contributed by atoms with Crippen LogP contribution in [0.25, 0.3) is 0 Å². The molecule has 0 aliphatic carbocycles. The SMILES string of the molecule is O=C(Nc1ccccc1C(=O)N/N=C\c1cccc(OCc2c(Cl)cccc2Cl)c1)c1ccco1. The minimum Gasteiger partial charge on any atom is -0.489 e. The molecule has 35 heavy (non-hydrogen) atoms. The molecule has 0 unspecified atom stereocenters. The van der Waals surface area contributed by atoms with E-state index >= 15 is 0 Å². The van der Waals surface area contributed by atoms with E-state index < -0.39 is 11.8 Å². The number of carbonyl (C=O) groups excluding carboxylic acids is 2. The second-order valence-electron chi connectivity index (χ2n) is 7.24. The Morgan fingerprint density at radius 2 is 1.69 bits per heavy atom. The lowest BCUT2D eigenvalue weighted by atomic mass is 10.1. The van der Waals surface area contributed by atoms with E-state index in [4.69, 9.17) is 32.4 Å². The Hall–Kier alpha value is -4.07. The highest BCUT2D eigenvalue weighted by molar-refractivity contribution is 6.35. The minimum atomic E-state index is -0.489. The van der Waals surface area contributed by atoms with Gasteiger partial charge in [-0.05, 0) is 54.1 Å². The van der Waals surface area contributed by atoms with Crippen LogP contribution in [0.5, 0.6) is 5.75 Å². The van der Waals surface area contributed by atoms with Crippen LogP contribution in [0, 0.1) is 0 Å². The van der Waals surface area contributed by atoms with Gasteiger partial charge in [0.05, 0.1) is 23.7 Å². The predicted octanol–water partition coefficient (Wildman–Crippen LogP) is 6.18. The van der Waals surface area contributed by atoms with Crippen LogP contribution in [0.4, 0.5) is 5.69 Å². The zero-order valence-electron chi connectivity index (χ0n) is 18.2. The Bertz CT molecular complexity index is 1350. The first-order valence-corrected chi connectivity index (χ1v) is 11.2. The number of benzene rings is 3. The Balaban J connectivity index is 1.38. The quantitative estimate of drug-likeness (QED) is 0.220. The summed E-state index contributed by atoms with van der Waals surface area (Å²) in [5, 5.41) is 7.74. The molecule has 0 spiro atoms. The molecule has 4 aromatic rings. The zero-order valence-corrected chi connectivity index (χ0v) is 19.7. The zero-order chi connectivity index (χ0) is 24.6. The van der Waals surface area contributed by atoms with Crippen LogP contribution in [0.2, 0.25) is 10.0 Å². The van der Waals surface area contributed by atoms with Gasteiger partial charge in [0.15, 0.2) is 5.76 Å². The second kappa shape index (κ2) is 11.4. The molecule has 0 bridgehead atoms.